The molecule has 0 unspecified atom stereocenters. The number of pyridine rings is 1. The summed E-state index contributed by atoms with van der Waals surface area (Å²) >= 11 is 0. The largest absolute Gasteiger partial charge is 0.416 e. The average molecular weight is 435 g/mol. The molecule has 0 spiro atoms. The SMILES string of the molecule is CC(C)(NS(=O)(=O)c1cccc(C(F)(F)F)c1)c1cccc(-c2ccncc2N)c1. The number of sulfonamides is 1. The van der Waals surface area contributed by atoms with E-state index in [4.69, 9.17) is 5.73 Å². The Bertz CT molecular complexity index is 1180. The molecule has 9 heteroatoms. The maximum Gasteiger partial charge on any atom is 0.416 e. The van der Waals surface area contributed by atoms with Crippen LogP contribution in [0.3, 0.4) is 0 Å². The van der Waals surface area contributed by atoms with Crippen molar-refractivity contribution in [2.24, 2.45) is 0 Å². The third kappa shape index (κ3) is 4.63. The normalized spacial score (nSPS) is 12.7. The number of nitrogens with one attached hydrogen (secondary N) is 1. The van der Waals surface area contributed by atoms with Gasteiger partial charge in [-0.2, -0.15) is 13.2 Å². The molecule has 0 aliphatic rings. The van der Waals surface area contributed by atoms with E-state index in [1.54, 1.807) is 44.3 Å². The van der Waals surface area contributed by atoms with E-state index in [2.05, 4.69) is 9.71 Å². The highest BCUT2D eigenvalue weighted by atomic mass is 32.2. The molecule has 0 aliphatic carbocycles. The summed E-state index contributed by atoms with van der Waals surface area (Å²) in [5.74, 6) is 0. The fraction of sp³-hybridized carbons (Fsp3) is 0.190. The van der Waals surface area contributed by atoms with Crippen molar-refractivity contribution in [2.75, 3.05) is 5.73 Å². The van der Waals surface area contributed by atoms with Crippen molar-refractivity contribution in [1.29, 1.82) is 0 Å². The molecular formula is C21H20F3N3O2S. The Morgan fingerprint density at radius 2 is 1.63 bits per heavy atom. The molecule has 1 aromatic heterocycles. The molecule has 0 radical (unpaired) electrons. The lowest BCUT2D eigenvalue weighted by molar-refractivity contribution is -0.137. The first-order valence-electron chi connectivity index (χ1n) is 8.92. The minimum absolute atomic E-state index is 0.458. The number of aromatic nitrogens is 1. The number of nitrogens with two attached hydrogens (primary N) is 1. The van der Waals surface area contributed by atoms with E-state index in [1.165, 1.54) is 6.20 Å². The predicted molar refractivity (Wildman–Crippen MR) is 109 cm³/mol. The van der Waals surface area contributed by atoms with Crippen molar-refractivity contribution < 1.29 is 21.6 Å². The molecule has 0 amide bonds. The molecule has 1 heterocycles. The Balaban J connectivity index is 1.95. The molecule has 3 rings (SSSR count). The Kier molecular flexibility index (Phi) is 5.62. The second kappa shape index (κ2) is 7.73. The van der Waals surface area contributed by atoms with Gasteiger partial charge in [0.25, 0.3) is 0 Å². The van der Waals surface area contributed by atoms with Crippen LogP contribution in [0.2, 0.25) is 0 Å². The maximum absolute atomic E-state index is 13.0. The number of hydrogen-bond donors (Lipinski definition) is 2. The van der Waals surface area contributed by atoms with E-state index < -0.39 is 32.2 Å². The Labute approximate surface area is 172 Å². The molecule has 0 fully saturated rings. The van der Waals surface area contributed by atoms with E-state index in [1.807, 2.05) is 6.07 Å². The van der Waals surface area contributed by atoms with E-state index in [0.717, 1.165) is 29.3 Å². The zero-order chi connectivity index (χ0) is 22.2. The first kappa shape index (κ1) is 21.8. The fourth-order valence-electron chi connectivity index (χ4n) is 3.04. The molecule has 5 nitrogen and oxygen atoms in total. The van der Waals surface area contributed by atoms with Gasteiger partial charge in [0, 0.05) is 11.8 Å². The third-order valence-electron chi connectivity index (χ3n) is 4.61. The van der Waals surface area contributed by atoms with E-state index in [-0.39, 0.29) is 0 Å². The molecule has 0 aliphatic heterocycles. The van der Waals surface area contributed by atoms with Crippen molar-refractivity contribution in [3.05, 3.63) is 78.1 Å². The third-order valence-corrected chi connectivity index (χ3v) is 6.26. The van der Waals surface area contributed by atoms with Gasteiger partial charge in [-0.3, -0.25) is 4.98 Å². The Hall–Kier alpha value is -2.91. The average Bonchev–Trinajstić information content (AvgIpc) is 2.67. The predicted octanol–water partition coefficient (Wildman–Crippen LogP) is 4.56. The van der Waals surface area contributed by atoms with Gasteiger partial charge in [-0.15, -0.1) is 0 Å². The number of hydrogen-bond acceptors (Lipinski definition) is 4. The first-order chi connectivity index (χ1) is 13.9. The zero-order valence-corrected chi connectivity index (χ0v) is 17.1. The molecule has 158 valence electrons. The van der Waals surface area contributed by atoms with Crippen molar-refractivity contribution in [3.63, 3.8) is 0 Å². The number of halogens is 3. The molecular weight excluding hydrogens is 415 g/mol. The minimum atomic E-state index is -4.64. The summed E-state index contributed by atoms with van der Waals surface area (Å²) in [6, 6.07) is 12.5. The highest BCUT2D eigenvalue weighted by molar-refractivity contribution is 7.89. The molecule has 0 saturated carbocycles. The van der Waals surface area contributed by atoms with Gasteiger partial charge in [-0.25, -0.2) is 13.1 Å². The van der Waals surface area contributed by atoms with Gasteiger partial charge in [0.15, 0.2) is 0 Å². The zero-order valence-electron chi connectivity index (χ0n) is 16.2. The second-order valence-electron chi connectivity index (χ2n) is 7.30. The lowest BCUT2D eigenvalue weighted by Crippen LogP contribution is -2.41. The van der Waals surface area contributed by atoms with Crippen LogP contribution in [0.4, 0.5) is 18.9 Å². The van der Waals surface area contributed by atoms with Crippen LogP contribution < -0.4 is 10.5 Å². The molecule has 30 heavy (non-hydrogen) atoms. The lowest BCUT2D eigenvalue weighted by Gasteiger charge is -2.27. The number of nitrogen functional groups attached to an aromatic ring is 1. The number of benzene rings is 2. The van der Waals surface area contributed by atoms with Crippen LogP contribution in [-0.4, -0.2) is 13.4 Å². The van der Waals surface area contributed by atoms with E-state index in [0.29, 0.717) is 17.3 Å². The molecule has 2 aromatic carbocycles. The smallest absolute Gasteiger partial charge is 0.397 e. The summed E-state index contributed by atoms with van der Waals surface area (Å²) in [6.07, 6.45) is -1.52. The van der Waals surface area contributed by atoms with Crippen LogP contribution >= 0.6 is 0 Å². The molecule has 3 N–H and O–H groups in total. The molecule has 0 saturated heterocycles. The maximum atomic E-state index is 13.0. The summed E-state index contributed by atoms with van der Waals surface area (Å²) in [7, 11) is -4.22. The van der Waals surface area contributed by atoms with E-state index in [9.17, 15) is 21.6 Å². The van der Waals surface area contributed by atoms with Gasteiger partial charge in [0.2, 0.25) is 10.0 Å². The summed E-state index contributed by atoms with van der Waals surface area (Å²) < 4.78 is 67.0. The van der Waals surface area contributed by atoms with Crippen LogP contribution in [0.1, 0.15) is 25.0 Å². The highest BCUT2D eigenvalue weighted by Gasteiger charge is 2.33. The van der Waals surface area contributed by atoms with Crippen LogP contribution in [0.15, 0.2) is 71.9 Å². The first-order valence-corrected chi connectivity index (χ1v) is 10.4. The molecule has 0 bridgehead atoms. The monoisotopic (exact) mass is 435 g/mol. The standard InChI is InChI=1S/C21H20F3N3O2S/c1-20(2,15-6-3-5-14(11-15)18-9-10-26-13-19(18)25)27-30(28,29)17-8-4-7-16(12-17)21(22,23)24/h3-13,27H,25H2,1-2H3. The summed E-state index contributed by atoms with van der Waals surface area (Å²) in [5.41, 5.74) is 6.43. The number of alkyl halides is 3. The summed E-state index contributed by atoms with van der Waals surface area (Å²) in [4.78, 5) is 3.49. The summed E-state index contributed by atoms with van der Waals surface area (Å²) in [5, 5.41) is 0. The van der Waals surface area contributed by atoms with Crippen LogP contribution in [0.25, 0.3) is 11.1 Å². The van der Waals surface area contributed by atoms with Gasteiger partial charge in [0.1, 0.15) is 0 Å². The van der Waals surface area contributed by atoms with Gasteiger partial charge in [-0.05, 0) is 55.3 Å². The van der Waals surface area contributed by atoms with Crippen LogP contribution in [0.5, 0.6) is 0 Å². The molecule has 3 aromatic rings. The minimum Gasteiger partial charge on any atom is -0.397 e. The van der Waals surface area contributed by atoms with Gasteiger partial charge in [0.05, 0.1) is 27.9 Å². The topological polar surface area (TPSA) is 85.1 Å². The lowest BCUT2D eigenvalue weighted by atomic mass is 9.92. The van der Waals surface area contributed by atoms with Gasteiger partial charge < -0.3 is 5.73 Å². The highest BCUT2D eigenvalue weighted by Crippen LogP contribution is 2.32. The molecule has 0 atom stereocenters. The van der Waals surface area contributed by atoms with Crippen LogP contribution in [0, 0.1) is 0 Å². The number of nitrogens with zero attached hydrogens (tertiary/aromatic N) is 1. The fourth-order valence-corrected chi connectivity index (χ4v) is 4.49. The van der Waals surface area contributed by atoms with Crippen molar-refractivity contribution >= 4 is 15.7 Å². The van der Waals surface area contributed by atoms with Crippen LogP contribution in [-0.2, 0) is 21.7 Å². The van der Waals surface area contributed by atoms with Crippen molar-refractivity contribution in [2.45, 2.75) is 30.5 Å². The van der Waals surface area contributed by atoms with E-state index >= 15 is 0 Å². The Morgan fingerprint density at radius 1 is 0.967 bits per heavy atom. The summed E-state index contributed by atoms with van der Waals surface area (Å²) in [6.45, 7) is 3.26. The quantitative estimate of drug-likeness (QED) is 0.615. The van der Waals surface area contributed by atoms with Gasteiger partial charge >= 0.3 is 6.18 Å². The number of anilines is 1. The van der Waals surface area contributed by atoms with Crippen molar-refractivity contribution in [3.8, 4) is 11.1 Å². The number of rotatable bonds is 5. The van der Waals surface area contributed by atoms with Gasteiger partial charge in [-0.1, -0.05) is 24.3 Å². The van der Waals surface area contributed by atoms with Crippen molar-refractivity contribution in [1.82, 2.24) is 9.71 Å². The second-order valence-corrected chi connectivity index (χ2v) is 8.98. The Morgan fingerprint density at radius 3 is 2.30 bits per heavy atom.